The number of Topliss-reactive ketones (excluding diaryl/α,β-unsaturated/α-hetero) is 1. The van der Waals surface area contributed by atoms with Crippen molar-refractivity contribution in [2.45, 2.75) is 78.1 Å². The van der Waals surface area contributed by atoms with Crippen molar-refractivity contribution in [2.75, 3.05) is 12.8 Å². The average Bonchev–Trinajstić information content (AvgIpc) is 3.44. The number of fused-ring (bicyclic) bond motifs is 5. The molecular formula is C41H50O3P+. The van der Waals surface area contributed by atoms with Gasteiger partial charge < -0.3 is 4.74 Å². The average molecular weight is 622 g/mol. The quantitative estimate of drug-likeness (QED) is 0.188. The smallest absolute Gasteiger partial charge is 0.345 e. The molecule has 0 aromatic heterocycles. The molecule has 0 spiro atoms. The highest BCUT2D eigenvalue weighted by molar-refractivity contribution is 7.96. The van der Waals surface area contributed by atoms with E-state index >= 15 is 0 Å². The third-order valence-electron chi connectivity index (χ3n) is 13.3. The van der Waals surface area contributed by atoms with Gasteiger partial charge in [-0.05, 0) is 122 Å². The van der Waals surface area contributed by atoms with E-state index in [9.17, 15) is 9.59 Å². The lowest BCUT2D eigenvalue weighted by Crippen LogP contribution is -2.53. The molecule has 1 unspecified atom stereocenters. The third kappa shape index (κ3) is 5.32. The number of ketones is 1. The summed E-state index contributed by atoms with van der Waals surface area (Å²) >= 11 is 0. The van der Waals surface area contributed by atoms with Crippen LogP contribution in [0.3, 0.4) is 0 Å². The summed E-state index contributed by atoms with van der Waals surface area (Å²) in [7, 11) is -2.35. The van der Waals surface area contributed by atoms with E-state index in [-0.39, 0.29) is 35.9 Å². The van der Waals surface area contributed by atoms with Gasteiger partial charge in [0.2, 0.25) is 0 Å². The van der Waals surface area contributed by atoms with Gasteiger partial charge in [-0.2, -0.15) is 0 Å². The molecule has 0 N–H and O–H groups in total. The fourth-order valence-corrected chi connectivity index (χ4v) is 15.0. The van der Waals surface area contributed by atoms with Crippen molar-refractivity contribution in [3.8, 4) is 0 Å². The van der Waals surface area contributed by atoms with Crippen LogP contribution in [0.25, 0.3) is 0 Å². The van der Waals surface area contributed by atoms with Crippen LogP contribution in [0.1, 0.15) is 78.1 Å². The zero-order chi connectivity index (χ0) is 31.1. The van der Waals surface area contributed by atoms with Crippen LogP contribution in [0.15, 0.2) is 91.0 Å². The SMILES string of the molecule is C[C@]12CC[C@H]3[C@@H](CCC4CCCC[C@@]43C)[C@@H]1CC[C@@H]2C(=O)COC(=O)C[P+](c1ccccc1)(c1ccccc1)c1ccccc1. The fraction of sp³-hybridized carbons (Fsp3) is 0.512. The minimum absolute atomic E-state index is 0.00468. The maximum absolute atomic E-state index is 14.0. The van der Waals surface area contributed by atoms with Crippen molar-refractivity contribution in [3.63, 3.8) is 0 Å². The van der Waals surface area contributed by atoms with Crippen LogP contribution < -0.4 is 15.9 Å². The van der Waals surface area contributed by atoms with E-state index in [4.69, 9.17) is 4.74 Å². The van der Waals surface area contributed by atoms with E-state index < -0.39 is 7.26 Å². The van der Waals surface area contributed by atoms with Crippen molar-refractivity contribution in [1.29, 1.82) is 0 Å². The second kappa shape index (κ2) is 12.4. The van der Waals surface area contributed by atoms with Crippen LogP contribution >= 0.6 is 7.26 Å². The van der Waals surface area contributed by atoms with Crippen molar-refractivity contribution >= 4 is 34.9 Å². The number of ether oxygens (including phenoxy) is 1. The lowest BCUT2D eigenvalue weighted by molar-refractivity contribution is -0.150. The Bertz CT molecular complexity index is 1390. The van der Waals surface area contributed by atoms with E-state index in [0.29, 0.717) is 11.3 Å². The Morgan fingerprint density at radius 3 is 1.84 bits per heavy atom. The number of hydrogen-bond acceptors (Lipinski definition) is 3. The zero-order valence-electron chi connectivity index (χ0n) is 27.2. The van der Waals surface area contributed by atoms with E-state index in [1.807, 2.05) is 18.2 Å². The summed E-state index contributed by atoms with van der Waals surface area (Å²) in [5.74, 6) is 3.00. The van der Waals surface area contributed by atoms with Crippen LogP contribution in [0, 0.1) is 40.4 Å². The highest BCUT2D eigenvalue weighted by Gasteiger charge is 2.60. The van der Waals surface area contributed by atoms with Crippen molar-refractivity contribution in [2.24, 2.45) is 40.4 Å². The summed E-state index contributed by atoms with van der Waals surface area (Å²) in [6, 6.07) is 31.2. The van der Waals surface area contributed by atoms with Gasteiger partial charge in [-0.1, -0.05) is 81.3 Å². The number of benzene rings is 3. The highest BCUT2D eigenvalue weighted by atomic mass is 31.2. The van der Waals surface area contributed by atoms with E-state index in [2.05, 4.69) is 86.6 Å². The summed E-state index contributed by atoms with van der Waals surface area (Å²) in [5, 5.41) is 3.44. The fourth-order valence-electron chi connectivity index (χ4n) is 11.1. The summed E-state index contributed by atoms with van der Waals surface area (Å²) in [6.07, 6.45) is 13.2. The van der Waals surface area contributed by atoms with E-state index in [1.165, 1.54) is 44.9 Å². The third-order valence-corrected chi connectivity index (χ3v) is 17.6. The Balaban J connectivity index is 1.08. The second-order valence-corrected chi connectivity index (χ2v) is 18.7. The standard InChI is InChI=1S/C41H50O3P/c1-40-26-13-12-14-30(40)21-22-34-35-23-24-37(41(35,2)27-25-36(34)40)38(42)28-44-39(43)29-45(31-15-6-3-7-16-31,32-17-8-4-9-18-32)33-19-10-5-11-20-33/h3-11,15-20,30,34-37H,12-14,21-29H2,1-2H3/q+1/t30?,34-,35-,36-,37+,40-,41-/m0/s1. The predicted octanol–water partition coefficient (Wildman–Crippen LogP) is 8.14. The molecule has 4 heteroatoms. The number of carbonyl (C=O) groups is 2. The van der Waals surface area contributed by atoms with Gasteiger partial charge in [-0.25, -0.2) is 4.79 Å². The van der Waals surface area contributed by atoms with Gasteiger partial charge >= 0.3 is 5.97 Å². The van der Waals surface area contributed by atoms with Crippen molar-refractivity contribution in [1.82, 2.24) is 0 Å². The van der Waals surface area contributed by atoms with Gasteiger partial charge in [-0.3, -0.25) is 4.79 Å². The summed E-state index contributed by atoms with van der Waals surface area (Å²) in [6.45, 7) is 4.94. The van der Waals surface area contributed by atoms with Gasteiger partial charge in [0.05, 0.1) is 0 Å². The Morgan fingerprint density at radius 1 is 0.667 bits per heavy atom. The lowest BCUT2D eigenvalue weighted by atomic mass is 9.45. The first-order chi connectivity index (χ1) is 21.9. The topological polar surface area (TPSA) is 43.4 Å². The Labute approximate surface area is 270 Å². The molecule has 236 valence electrons. The Morgan fingerprint density at radius 2 is 1.24 bits per heavy atom. The number of carbonyl (C=O) groups excluding carboxylic acids is 2. The van der Waals surface area contributed by atoms with E-state index in [1.54, 1.807) is 0 Å². The largest absolute Gasteiger partial charge is 0.455 e. The molecule has 0 bridgehead atoms. The molecule has 3 aromatic rings. The monoisotopic (exact) mass is 621 g/mol. The molecule has 0 saturated heterocycles. The molecule has 4 saturated carbocycles. The van der Waals surface area contributed by atoms with Crippen LogP contribution in [0.4, 0.5) is 0 Å². The molecule has 45 heavy (non-hydrogen) atoms. The lowest BCUT2D eigenvalue weighted by Gasteiger charge is -2.60. The van der Waals surface area contributed by atoms with Crippen molar-refractivity contribution < 1.29 is 14.3 Å². The first-order valence-corrected chi connectivity index (χ1v) is 19.6. The second-order valence-electron chi connectivity index (χ2n) is 15.2. The van der Waals surface area contributed by atoms with Crippen molar-refractivity contribution in [3.05, 3.63) is 91.0 Å². The highest BCUT2D eigenvalue weighted by Crippen LogP contribution is 2.67. The maximum atomic E-state index is 14.0. The summed E-state index contributed by atoms with van der Waals surface area (Å²) < 4.78 is 5.99. The number of esters is 1. The first-order valence-electron chi connectivity index (χ1n) is 17.6. The van der Waals surface area contributed by atoms with Crippen LogP contribution in [-0.4, -0.2) is 24.5 Å². The minimum atomic E-state index is -2.35. The van der Waals surface area contributed by atoms with Gasteiger partial charge in [0.15, 0.2) is 11.9 Å². The Kier molecular flexibility index (Phi) is 8.53. The molecule has 7 rings (SSSR count). The van der Waals surface area contributed by atoms with Crippen LogP contribution in [0.2, 0.25) is 0 Å². The summed E-state index contributed by atoms with van der Waals surface area (Å²) in [5.41, 5.74) is 0.545. The molecule has 4 aliphatic carbocycles. The van der Waals surface area contributed by atoms with Gasteiger partial charge in [0.1, 0.15) is 29.8 Å². The van der Waals surface area contributed by atoms with Gasteiger partial charge in [0.25, 0.3) is 0 Å². The number of rotatable bonds is 8. The molecule has 3 nitrogen and oxygen atoms in total. The van der Waals surface area contributed by atoms with Crippen LogP contribution in [-0.2, 0) is 14.3 Å². The minimum Gasteiger partial charge on any atom is -0.455 e. The molecular weight excluding hydrogens is 571 g/mol. The first kappa shape index (κ1) is 30.9. The zero-order valence-corrected chi connectivity index (χ0v) is 28.1. The number of hydrogen-bond donors (Lipinski definition) is 0. The molecule has 0 radical (unpaired) electrons. The summed E-state index contributed by atoms with van der Waals surface area (Å²) in [4.78, 5) is 27.8. The molecule has 0 heterocycles. The molecule has 7 atom stereocenters. The van der Waals surface area contributed by atoms with E-state index in [0.717, 1.165) is 52.9 Å². The molecule has 4 aliphatic rings. The molecule has 0 aliphatic heterocycles. The molecule has 3 aromatic carbocycles. The predicted molar refractivity (Wildman–Crippen MR) is 186 cm³/mol. The van der Waals surface area contributed by atoms with Crippen LogP contribution in [0.5, 0.6) is 0 Å². The Hall–Kier alpha value is -2.77. The van der Waals surface area contributed by atoms with Gasteiger partial charge in [0, 0.05) is 5.92 Å². The molecule has 4 fully saturated rings. The van der Waals surface area contributed by atoms with Gasteiger partial charge in [-0.15, -0.1) is 0 Å². The normalized spacial score (nSPS) is 32.5. The molecule has 0 amide bonds. The maximum Gasteiger partial charge on any atom is 0.345 e.